The summed E-state index contributed by atoms with van der Waals surface area (Å²) < 4.78 is 10.8. The first-order valence-electron chi connectivity index (χ1n) is 8.57. The van der Waals surface area contributed by atoms with Crippen LogP contribution in [0.25, 0.3) is 0 Å². The average molecular weight is 366 g/mol. The number of rotatable bonds is 6. The molecule has 0 radical (unpaired) electrons. The Bertz CT molecular complexity index is 674. The summed E-state index contributed by atoms with van der Waals surface area (Å²) in [5.74, 6) is -1.49. The van der Waals surface area contributed by atoms with Gasteiger partial charge in [0.05, 0.1) is 24.9 Å². The van der Waals surface area contributed by atoms with E-state index in [0.29, 0.717) is 18.9 Å². The highest BCUT2D eigenvalue weighted by Gasteiger charge is 2.41. The highest BCUT2D eigenvalue weighted by Crippen LogP contribution is 2.30. The van der Waals surface area contributed by atoms with Crippen LogP contribution in [0.2, 0.25) is 0 Å². The van der Waals surface area contributed by atoms with Crippen LogP contribution >= 0.6 is 0 Å². The van der Waals surface area contributed by atoms with Crippen LogP contribution in [0, 0.1) is 5.92 Å². The zero-order chi connectivity index (χ0) is 19.5. The summed E-state index contributed by atoms with van der Waals surface area (Å²) in [5, 5.41) is 12.3. The van der Waals surface area contributed by atoms with Crippen LogP contribution < -0.4 is 15.0 Å². The quantitative estimate of drug-likeness (QED) is 0.719. The molecule has 1 aliphatic rings. The van der Waals surface area contributed by atoms with Crippen molar-refractivity contribution in [3.63, 3.8) is 0 Å². The van der Waals surface area contributed by atoms with Crippen LogP contribution in [0.3, 0.4) is 0 Å². The maximum absolute atomic E-state index is 12.5. The Morgan fingerprint density at radius 1 is 1.42 bits per heavy atom. The number of anilines is 1. The van der Waals surface area contributed by atoms with Gasteiger partial charge in [0, 0.05) is 6.54 Å². The Labute approximate surface area is 152 Å². The minimum atomic E-state index is -1.15. The van der Waals surface area contributed by atoms with Gasteiger partial charge in [-0.25, -0.2) is 9.78 Å². The predicted molar refractivity (Wildman–Crippen MR) is 94.3 cm³/mol. The molecule has 1 saturated heterocycles. The van der Waals surface area contributed by atoms with Gasteiger partial charge in [0.1, 0.15) is 11.2 Å². The van der Waals surface area contributed by atoms with Gasteiger partial charge < -0.3 is 19.5 Å². The number of hydrogen-bond acceptors (Lipinski definition) is 8. The van der Waals surface area contributed by atoms with Gasteiger partial charge in [-0.2, -0.15) is 4.98 Å². The van der Waals surface area contributed by atoms with Crippen LogP contribution in [0.5, 0.6) is 5.88 Å². The highest BCUT2D eigenvalue weighted by atomic mass is 16.6. The lowest BCUT2D eigenvalue weighted by molar-refractivity contribution is -0.160. The Morgan fingerprint density at radius 2 is 2.12 bits per heavy atom. The summed E-state index contributed by atoms with van der Waals surface area (Å²) in [6, 6.07) is 0. The molecule has 26 heavy (non-hydrogen) atoms. The van der Waals surface area contributed by atoms with E-state index in [-0.39, 0.29) is 36.1 Å². The van der Waals surface area contributed by atoms with E-state index in [1.54, 1.807) is 14.0 Å². The number of hydrogen-bond donors (Lipinski definition) is 2. The molecule has 0 spiro atoms. The van der Waals surface area contributed by atoms with E-state index >= 15 is 0 Å². The molecule has 2 heterocycles. The van der Waals surface area contributed by atoms with Gasteiger partial charge in [0.2, 0.25) is 11.8 Å². The summed E-state index contributed by atoms with van der Waals surface area (Å²) in [6.45, 7) is 8.05. The molecular formula is C17H26N4O5. The molecule has 9 nitrogen and oxygen atoms in total. The maximum atomic E-state index is 12.5. The number of nitrogens with zero attached hydrogens (tertiary/aromatic N) is 3. The van der Waals surface area contributed by atoms with Gasteiger partial charge in [-0.15, -0.1) is 0 Å². The first-order chi connectivity index (χ1) is 12.2. The topological polar surface area (TPSA) is 114 Å². The summed E-state index contributed by atoms with van der Waals surface area (Å²) in [5.41, 5.74) is -0.663. The number of aromatic carboxylic acids is 1. The predicted octanol–water partition coefficient (Wildman–Crippen LogP) is 1.29. The van der Waals surface area contributed by atoms with Crippen LogP contribution in [0.15, 0.2) is 6.20 Å². The van der Waals surface area contributed by atoms with Gasteiger partial charge >= 0.3 is 11.9 Å². The number of carboxylic acid groups (broad SMARTS) is 1. The summed E-state index contributed by atoms with van der Waals surface area (Å²) in [6.07, 6.45) is 1.45. The molecule has 0 amide bonds. The van der Waals surface area contributed by atoms with E-state index in [9.17, 15) is 14.7 Å². The summed E-state index contributed by atoms with van der Waals surface area (Å²) in [7, 11) is 1.75. The lowest BCUT2D eigenvalue weighted by atomic mass is 10.1. The van der Waals surface area contributed by atoms with Crippen molar-refractivity contribution in [2.24, 2.45) is 5.92 Å². The van der Waals surface area contributed by atoms with E-state index in [2.05, 4.69) is 15.3 Å². The number of nitrogens with one attached hydrogen (secondary N) is 1. The second kappa shape index (κ2) is 7.86. The Hall–Kier alpha value is -2.42. The van der Waals surface area contributed by atoms with Crippen LogP contribution in [-0.4, -0.2) is 59.0 Å². The van der Waals surface area contributed by atoms with Crippen molar-refractivity contribution in [2.45, 2.75) is 45.9 Å². The first-order valence-corrected chi connectivity index (χ1v) is 8.57. The molecule has 2 N–H and O–H groups in total. The largest absolute Gasteiger partial charge is 0.477 e. The average Bonchev–Trinajstić information content (AvgIpc) is 2.97. The number of carbonyl (C=O) groups is 2. The van der Waals surface area contributed by atoms with Crippen molar-refractivity contribution in [3.05, 3.63) is 11.8 Å². The minimum absolute atomic E-state index is 0.0144. The molecule has 1 aromatic rings. The Balaban J connectivity index is 2.27. The van der Waals surface area contributed by atoms with Crippen molar-refractivity contribution < 1.29 is 24.2 Å². The fourth-order valence-electron chi connectivity index (χ4n) is 2.89. The molecular weight excluding hydrogens is 340 g/mol. The molecule has 9 heteroatoms. The van der Waals surface area contributed by atoms with Crippen molar-refractivity contribution in [2.75, 3.05) is 25.1 Å². The third kappa shape index (κ3) is 4.40. The SMILES string of the molecule is CCOc1nc(N2CC[C@H](C(=O)OC(C)(C)C)C2NC)ncc1C(=O)O. The van der Waals surface area contributed by atoms with E-state index in [4.69, 9.17) is 9.47 Å². The molecule has 2 rings (SSSR count). The van der Waals surface area contributed by atoms with Crippen molar-refractivity contribution in [1.82, 2.24) is 15.3 Å². The van der Waals surface area contributed by atoms with Crippen LogP contribution in [0.4, 0.5) is 5.95 Å². The third-order valence-corrected chi connectivity index (χ3v) is 3.91. The van der Waals surface area contributed by atoms with Gasteiger partial charge in [0.25, 0.3) is 0 Å². The Morgan fingerprint density at radius 3 is 2.65 bits per heavy atom. The second-order valence-corrected chi connectivity index (χ2v) is 6.98. The molecule has 0 saturated carbocycles. The fourth-order valence-corrected chi connectivity index (χ4v) is 2.89. The molecule has 1 aliphatic heterocycles. The first kappa shape index (κ1) is 19.9. The number of carboxylic acids is 1. The van der Waals surface area contributed by atoms with E-state index in [1.165, 1.54) is 6.20 Å². The summed E-state index contributed by atoms with van der Waals surface area (Å²) >= 11 is 0. The highest BCUT2D eigenvalue weighted by molar-refractivity contribution is 5.90. The van der Waals surface area contributed by atoms with E-state index in [1.807, 2.05) is 25.7 Å². The Kier molecular flexibility index (Phi) is 6.01. The molecule has 2 atom stereocenters. The molecule has 0 aromatic carbocycles. The lowest BCUT2D eigenvalue weighted by Gasteiger charge is -2.29. The third-order valence-electron chi connectivity index (χ3n) is 3.91. The number of carbonyl (C=O) groups excluding carboxylic acids is 1. The standard InChI is InChI=1S/C17H26N4O5/c1-6-25-13-11(14(22)23)9-19-16(20-13)21-8-7-10(12(21)18-5)15(24)26-17(2,3)4/h9-10,12,18H,6-8H2,1-5H3,(H,22,23)/t10-,12?/m0/s1. The summed E-state index contributed by atoms with van der Waals surface area (Å²) in [4.78, 5) is 34.0. The number of esters is 1. The molecule has 0 bridgehead atoms. The molecule has 144 valence electrons. The van der Waals surface area contributed by atoms with Crippen molar-refractivity contribution >= 4 is 17.9 Å². The molecule has 1 aromatic heterocycles. The van der Waals surface area contributed by atoms with E-state index < -0.39 is 11.6 Å². The molecule has 0 aliphatic carbocycles. The van der Waals surface area contributed by atoms with E-state index in [0.717, 1.165) is 0 Å². The second-order valence-electron chi connectivity index (χ2n) is 6.98. The smallest absolute Gasteiger partial charge is 0.342 e. The zero-order valence-electron chi connectivity index (χ0n) is 15.8. The monoisotopic (exact) mass is 366 g/mol. The van der Waals surface area contributed by atoms with Gasteiger partial charge in [0.15, 0.2) is 0 Å². The minimum Gasteiger partial charge on any atom is -0.477 e. The van der Waals surface area contributed by atoms with Crippen molar-refractivity contribution in [1.29, 1.82) is 0 Å². The maximum Gasteiger partial charge on any atom is 0.342 e. The van der Waals surface area contributed by atoms with Gasteiger partial charge in [-0.1, -0.05) is 0 Å². The number of aromatic nitrogens is 2. The van der Waals surface area contributed by atoms with Crippen LogP contribution in [-0.2, 0) is 9.53 Å². The van der Waals surface area contributed by atoms with Crippen LogP contribution in [0.1, 0.15) is 44.5 Å². The number of ether oxygens (including phenoxy) is 2. The molecule has 1 fully saturated rings. The fraction of sp³-hybridized carbons (Fsp3) is 0.647. The van der Waals surface area contributed by atoms with Gasteiger partial charge in [-0.3, -0.25) is 10.1 Å². The lowest BCUT2D eigenvalue weighted by Crippen LogP contribution is -2.47. The normalized spacial score (nSPS) is 20.1. The zero-order valence-corrected chi connectivity index (χ0v) is 15.8. The van der Waals surface area contributed by atoms with Gasteiger partial charge in [-0.05, 0) is 41.2 Å². The molecule has 1 unspecified atom stereocenters. The van der Waals surface area contributed by atoms with Crippen molar-refractivity contribution in [3.8, 4) is 5.88 Å².